The van der Waals surface area contributed by atoms with Crippen LogP contribution in [0.2, 0.25) is 0 Å². The molecular weight excluding hydrogens is 461 g/mol. The Balaban J connectivity index is 1.81. The van der Waals surface area contributed by atoms with Crippen molar-refractivity contribution in [3.63, 3.8) is 0 Å². The zero-order chi connectivity index (χ0) is 22.2. The molecule has 0 amide bonds. The molecule has 5 heteroatoms. The SMILES string of the molecule is Oc1ccccc1/C=N/NC([Se])=NC(c1ccccc1)(c1ccccc1)c1ccccc1. The van der Waals surface area contributed by atoms with Crippen molar-refractivity contribution in [2.24, 2.45) is 10.1 Å². The number of aliphatic imine (C=N–C) groups is 1. The van der Waals surface area contributed by atoms with Crippen molar-refractivity contribution in [2.45, 2.75) is 5.54 Å². The van der Waals surface area contributed by atoms with E-state index in [1.165, 1.54) is 0 Å². The summed E-state index contributed by atoms with van der Waals surface area (Å²) in [6, 6.07) is 37.7. The molecule has 0 aliphatic carbocycles. The van der Waals surface area contributed by atoms with Crippen LogP contribution >= 0.6 is 0 Å². The Morgan fingerprint density at radius 3 is 1.59 bits per heavy atom. The molecule has 0 heterocycles. The Morgan fingerprint density at radius 2 is 1.12 bits per heavy atom. The van der Waals surface area contributed by atoms with E-state index in [0.29, 0.717) is 10.3 Å². The maximum absolute atomic E-state index is 9.95. The van der Waals surface area contributed by atoms with Crippen molar-refractivity contribution in [2.75, 3.05) is 0 Å². The monoisotopic (exact) mass is 484 g/mol. The van der Waals surface area contributed by atoms with E-state index in [2.05, 4.69) is 62.9 Å². The fraction of sp³-hybridized carbons (Fsp3) is 0.0370. The molecular formula is C27H22N3OSe. The molecule has 4 nitrogen and oxygen atoms in total. The third kappa shape index (κ3) is 4.65. The summed E-state index contributed by atoms with van der Waals surface area (Å²) in [6.45, 7) is 0. The number of benzene rings is 4. The van der Waals surface area contributed by atoms with E-state index in [4.69, 9.17) is 4.99 Å². The molecule has 0 aliphatic heterocycles. The average Bonchev–Trinajstić information content (AvgIpc) is 2.85. The van der Waals surface area contributed by atoms with Crippen molar-refractivity contribution < 1.29 is 5.11 Å². The molecule has 1 radical (unpaired) electrons. The summed E-state index contributed by atoms with van der Waals surface area (Å²) in [5.74, 6) is 0.170. The van der Waals surface area contributed by atoms with Crippen LogP contribution in [0, 0.1) is 0 Å². The van der Waals surface area contributed by atoms with Crippen LogP contribution < -0.4 is 5.43 Å². The molecule has 0 fully saturated rings. The quantitative estimate of drug-likeness (QED) is 0.136. The fourth-order valence-corrected chi connectivity index (χ4v) is 4.06. The van der Waals surface area contributed by atoms with Crippen LogP contribution in [0.4, 0.5) is 0 Å². The summed E-state index contributed by atoms with van der Waals surface area (Å²) < 4.78 is 0.522. The summed E-state index contributed by atoms with van der Waals surface area (Å²) in [5, 5.41) is 14.2. The van der Waals surface area contributed by atoms with E-state index in [1.807, 2.05) is 60.7 Å². The molecule has 0 spiro atoms. The summed E-state index contributed by atoms with van der Waals surface area (Å²) in [5.41, 5.74) is 5.93. The number of nitrogens with one attached hydrogen (secondary N) is 1. The summed E-state index contributed by atoms with van der Waals surface area (Å²) in [7, 11) is 0. The van der Waals surface area contributed by atoms with Gasteiger partial charge in [-0.3, -0.25) is 0 Å². The van der Waals surface area contributed by atoms with Crippen LogP contribution in [0.5, 0.6) is 5.75 Å². The normalized spacial score (nSPS) is 12.1. The topological polar surface area (TPSA) is 57.0 Å². The Morgan fingerprint density at radius 1 is 0.688 bits per heavy atom. The first-order valence-electron chi connectivity index (χ1n) is 10.2. The van der Waals surface area contributed by atoms with Crippen molar-refractivity contribution >= 4 is 27.0 Å². The van der Waals surface area contributed by atoms with E-state index < -0.39 is 5.54 Å². The number of amidine groups is 1. The number of aromatic hydroxyl groups is 1. The van der Waals surface area contributed by atoms with Gasteiger partial charge in [0.25, 0.3) is 0 Å². The van der Waals surface area contributed by atoms with Gasteiger partial charge in [0.15, 0.2) is 0 Å². The zero-order valence-corrected chi connectivity index (χ0v) is 19.0. The van der Waals surface area contributed by atoms with E-state index in [-0.39, 0.29) is 5.75 Å². The molecule has 4 aromatic rings. The first-order chi connectivity index (χ1) is 15.7. The molecule has 0 saturated heterocycles. The number of hydrogen-bond donors (Lipinski definition) is 2. The number of nitrogens with zero attached hydrogens (tertiary/aromatic N) is 2. The van der Waals surface area contributed by atoms with Gasteiger partial charge in [-0.1, -0.05) is 0 Å². The average molecular weight is 483 g/mol. The molecule has 4 rings (SSSR count). The van der Waals surface area contributed by atoms with Gasteiger partial charge in [-0.25, -0.2) is 0 Å². The number of hydrazone groups is 1. The summed E-state index contributed by atoms with van der Waals surface area (Å²) in [4.78, 5) is 5.15. The first-order valence-corrected chi connectivity index (χ1v) is 11.1. The number of hydrogen-bond acceptors (Lipinski definition) is 3. The Labute approximate surface area is 196 Å². The second-order valence-corrected chi connectivity index (χ2v) is 7.97. The van der Waals surface area contributed by atoms with E-state index in [1.54, 1.807) is 24.4 Å². The van der Waals surface area contributed by atoms with Crippen molar-refractivity contribution in [3.05, 3.63) is 138 Å². The number of phenolic OH excluding ortho intramolecular Hbond substituents is 1. The van der Waals surface area contributed by atoms with Gasteiger partial charge in [0.05, 0.1) is 0 Å². The molecule has 0 bridgehead atoms. The van der Waals surface area contributed by atoms with Gasteiger partial charge in [0.2, 0.25) is 0 Å². The molecule has 2 N–H and O–H groups in total. The Hall–Kier alpha value is -3.66. The second kappa shape index (κ2) is 10.1. The van der Waals surface area contributed by atoms with E-state index in [9.17, 15) is 5.11 Å². The maximum atomic E-state index is 9.95. The van der Waals surface area contributed by atoms with E-state index >= 15 is 0 Å². The molecule has 4 aromatic carbocycles. The molecule has 0 aromatic heterocycles. The minimum atomic E-state index is -0.776. The molecule has 0 atom stereocenters. The van der Waals surface area contributed by atoms with Gasteiger partial charge < -0.3 is 0 Å². The summed E-state index contributed by atoms with van der Waals surface area (Å²) in [6.07, 6.45) is 1.57. The molecule has 32 heavy (non-hydrogen) atoms. The number of phenols is 1. The van der Waals surface area contributed by atoms with E-state index in [0.717, 1.165) is 16.7 Å². The second-order valence-electron chi connectivity index (χ2n) is 7.15. The van der Waals surface area contributed by atoms with Crippen molar-refractivity contribution in [1.29, 1.82) is 0 Å². The number of para-hydroxylation sites is 1. The van der Waals surface area contributed by atoms with Gasteiger partial charge in [-0.2, -0.15) is 0 Å². The van der Waals surface area contributed by atoms with Gasteiger partial charge in [0.1, 0.15) is 0 Å². The minimum absolute atomic E-state index is 0.170. The fourth-order valence-electron chi connectivity index (χ4n) is 3.66. The molecule has 157 valence electrons. The van der Waals surface area contributed by atoms with Gasteiger partial charge in [-0.15, -0.1) is 0 Å². The Bertz CT molecular complexity index is 1110. The zero-order valence-electron chi connectivity index (χ0n) is 17.3. The number of rotatable bonds is 6. The third-order valence-corrected chi connectivity index (χ3v) is 5.53. The predicted octanol–water partition coefficient (Wildman–Crippen LogP) is 4.83. The predicted molar refractivity (Wildman–Crippen MR) is 131 cm³/mol. The summed E-state index contributed by atoms with van der Waals surface area (Å²) >= 11 is 3.01. The molecule has 0 saturated carbocycles. The van der Waals surface area contributed by atoms with Gasteiger partial charge in [0, 0.05) is 0 Å². The third-order valence-electron chi connectivity index (χ3n) is 5.14. The van der Waals surface area contributed by atoms with Crippen LogP contribution in [0.15, 0.2) is 125 Å². The van der Waals surface area contributed by atoms with Crippen LogP contribution in [-0.2, 0) is 5.54 Å². The molecule has 0 aliphatic rings. The van der Waals surface area contributed by atoms with Gasteiger partial charge in [-0.05, 0) is 0 Å². The molecule has 0 unspecified atom stereocenters. The van der Waals surface area contributed by atoms with Crippen LogP contribution in [0.25, 0.3) is 0 Å². The van der Waals surface area contributed by atoms with Gasteiger partial charge >= 0.3 is 196 Å². The standard InChI is InChI=1S/C27H22N3OSe/c31-25-19-11-10-12-21(25)20-28-30-26(32)29-27(22-13-4-1-5-14-22,23-15-6-2-7-16-23)24-17-8-3-9-18-24/h1-20,31H,(H,29,30)/b28-20+. The Kier molecular flexibility index (Phi) is 6.81. The van der Waals surface area contributed by atoms with Crippen LogP contribution in [-0.4, -0.2) is 32.1 Å². The van der Waals surface area contributed by atoms with Crippen molar-refractivity contribution in [1.82, 2.24) is 5.43 Å². The van der Waals surface area contributed by atoms with Crippen molar-refractivity contribution in [3.8, 4) is 5.75 Å². The van der Waals surface area contributed by atoms with Crippen LogP contribution in [0.3, 0.4) is 0 Å². The van der Waals surface area contributed by atoms with Crippen LogP contribution in [0.1, 0.15) is 22.3 Å². The first kappa shape index (κ1) is 21.6.